The minimum Gasteiger partial charge on any atom is -0.507 e. The van der Waals surface area contributed by atoms with Gasteiger partial charge in [-0.1, -0.05) is 0 Å². The minimum atomic E-state index is -1.64. The van der Waals surface area contributed by atoms with Gasteiger partial charge in [-0.2, -0.15) is 0 Å². The van der Waals surface area contributed by atoms with Crippen LogP contribution in [0, 0.1) is 0 Å². The van der Waals surface area contributed by atoms with Crippen LogP contribution in [-0.2, 0) is 0 Å². The van der Waals surface area contributed by atoms with E-state index in [1.54, 1.807) is 0 Å². The summed E-state index contributed by atoms with van der Waals surface area (Å²) in [5.74, 6) is -1.73. The molecule has 0 radical (unpaired) electrons. The van der Waals surface area contributed by atoms with Crippen molar-refractivity contribution >= 4 is 5.78 Å². The van der Waals surface area contributed by atoms with Crippen LogP contribution in [0.15, 0.2) is 24.3 Å². The summed E-state index contributed by atoms with van der Waals surface area (Å²) in [6.45, 7) is 0. The molecule has 132 valence electrons. The Morgan fingerprint density at radius 3 is 2.16 bits per heavy atom. The highest BCUT2D eigenvalue weighted by Crippen LogP contribution is 2.45. The first kappa shape index (κ1) is 16.7. The molecule has 0 fully saturated rings. The number of hydrogen-bond donors (Lipinski definition) is 4. The number of phenols is 3. The molecule has 0 saturated carbocycles. The topological polar surface area (TPSA) is 126 Å². The predicted molar refractivity (Wildman–Crippen MR) is 84.7 cm³/mol. The molecule has 8 nitrogen and oxygen atoms in total. The van der Waals surface area contributed by atoms with E-state index in [1.165, 1.54) is 38.5 Å². The van der Waals surface area contributed by atoms with Crippen molar-refractivity contribution in [2.75, 3.05) is 14.2 Å². The lowest BCUT2D eigenvalue weighted by molar-refractivity contribution is 0.0209. The Morgan fingerprint density at radius 1 is 0.960 bits per heavy atom. The number of aliphatic hydroxyl groups is 1. The number of Topliss-reactive ketones (excluding diaryl/α,β-unsaturated/α-hetero) is 1. The highest BCUT2D eigenvalue weighted by molar-refractivity contribution is 6.05. The molecule has 0 amide bonds. The quantitative estimate of drug-likeness (QED) is 0.657. The third kappa shape index (κ3) is 2.66. The number of rotatable bonds is 3. The van der Waals surface area contributed by atoms with Gasteiger partial charge < -0.3 is 34.6 Å². The second kappa shape index (κ2) is 6.06. The van der Waals surface area contributed by atoms with Gasteiger partial charge in [0.1, 0.15) is 22.8 Å². The lowest BCUT2D eigenvalue weighted by Gasteiger charge is -2.30. The van der Waals surface area contributed by atoms with E-state index >= 15 is 0 Å². The highest BCUT2D eigenvalue weighted by Gasteiger charge is 2.39. The molecule has 0 spiro atoms. The molecule has 1 aliphatic heterocycles. The van der Waals surface area contributed by atoms with Gasteiger partial charge in [0.25, 0.3) is 0 Å². The summed E-state index contributed by atoms with van der Waals surface area (Å²) in [7, 11) is 2.66. The monoisotopic (exact) mass is 348 g/mol. The van der Waals surface area contributed by atoms with E-state index in [4.69, 9.17) is 14.2 Å². The summed E-state index contributed by atoms with van der Waals surface area (Å²) < 4.78 is 15.5. The van der Waals surface area contributed by atoms with E-state index in [9.17, 15) is 25.2 Å². The number of hydrogen-bond acceptors (Lipinski definition) is 8. The zero-order chi connectivity index (χ0) is 18.3. The van der Waals surface area contributed by atoms with Gasteiger partial charge in [-0.05, 0) is 12.1 Å². The van der Waals surface area contributed by atoms with Crippen molar-refractivity contribution in [3.63, 3.8) is 0 Å². The maximum Gasteiger partial charge on any atom is 0.202 e. The number of carbonyl (C=O) groups excluding carboxylic acids is 1. The first-order valence-electron chi connectivity index (χ1n) is 7.27. The minimum absolute atomic E-state index is 0.0203. The fourth-order valence-electron chi connectivity index (χ4n) is 2.76. The number of ketones is 1. The van der Waals surface area contributed by atoms with Gasteiger partial charge in [0, 0.05) is 17.7 Å². The number of fused-ring (bicyclic) bond motifs is 1. The molecule has 0 unspecified atom stereocenters. The molecule has 0 aliphatic carbocycles. The number of aromatic hydroxyl groups is 3. The lowest BCUT2D eigenvalue weighted by Crippen LogP contribution is -2.36. The summed E-state index contributed by atoms with van der Waals surface area (Å²) in [6, 6.07) is 5.06. The normalized spacial score (nSPS) is 19.1. The Hall–Kier alpha value is -3.13. The van der Waals surface area contributed by atoms with Gasteiger partial charge in [0.2, 0.25) is 11.5 Å². The van der Waals surface area contributed by atoms with Crippen LogP contribution in [0.3, 0.4) is 0 Å². The van der Waals surface area contributed by atoms with Crippen molar-refractivity contribution in [3.05, 3.63) is 35.4 Å². The SMILES string of the molecule is COc1cc(O)c2c(c1)O[C@H](c1cc(O)c(OC)c(O)c1)[C@@H](O)C2=O. The first-order valence-corrected chi connectivity index (χ1v) is 7.27. The zero-order valence-electron chi connectivity index (χ0n) is 13.4. The summed E-state index contributed by atoms with van der Waals surface area (Å²) in [4.78, 5) is 12.4. The third-order valence-corrected chi connectivity index (χ3v) is 3.95. The van der Waals surface area contributed by atoms with Crippen molar-refractivity contribution < 1.29 is 39.4 Å². The Bertz CT molecular complexity index is 822. The maximum absolute atomic E-state index is 12.4. The molecule has 8 heteroatoms. The second-order valence-corrected chi connectivity index (χ2v) is 5.46. The predicted octanol–water partition coefficient (Wildman–Crippen LogP) is 1.50. The van der Waals surface area contributed by atoms with Gasteiger partial charge in [-0.3, -0.25) is 4.79 Å². The highest BCUT2D eigenvalue weighted by atomic mass is 16.5. The lowest BCUT2D eigenvalue weighted by atomic mass is 9.92. The number of methoxy groups -OCH3 is 2. The molecular weight excluding hydrogens is 332 g/mol. The molecule has 0 bridgehead atoms. The summed E-state index contributed by atoms with van der Waals surface area (Å²) in [6.07, 6.45) is -2.84. The van der Waals surface area contributed by atoms with E-state index in [1.807, 2.05) is 0 Å². The molecule has 25 heavy (non-hydrogen) atoms. The average molecular weight is 348 g/mol. The van der Waals surface area contributed by atoms with Crippen LogP contribution < -0.4 is 14.2 Å². The van der Waals surface area contributed by atoms with Crippen molar-refractivity contribution in [2.24, 2.45) is 0 Å². The zero-order valence-corrected chi connectivity index (χ0v) is 13.4. The smallest absolute Gasteiger partial charge is 0.202 e. The molecule has 2 aromatic carbocycles. The Balaban J connectivity index is 2.08. The maximum atomic E-state index is 12.4. The first-order chi connectivity index (χ1) is 11.9. The standard InChI is InChI=1S/C17H16O8/c1-23-8-5-9(18)13-12(6-8)25-16(15(22)14(13)21)7-3-10(19)17(24-2)11(20)4-7/h3-6,15-16,18-20,22H,1-2H3/t15-,16+/m0/s1. The van der Waals surface area contributed by atoms with Crippen LogP contribution in [0.4, 0.5) is 0 Å². The number of phenolic OH excluding ortho intramolecular Hbond substituents is 3. The fourth-order valence-corrected chi connectivity index (χ4v) is 2.76. The molecule has 1 heterocycles. The molecule has 0 aromatic heterocycles. The van der Waals surface area contributed by atoms with Crippen LogP contribution >= 0.6 is 0 Å². The molecule has 0 saturated heterocycles. The van der Waals surface area contributed by atoms with Crippen molar-refractivity contribution in [3.8, 4) is 34.5 Å². The van der Waals surface area contributed by atoms with E-state index < -0.39 is 18.0 Å². The molecular formula is C17H16O8. The second-order valence-electron chi connectivity index (χ2n) is 5.46. The van der Waals surface area contributed by atoms with E-state index in [0.717, 1.165) is 0 Å². The average Bonchev–Trinajstić information content (AvgIpc) is 2.57. The molecule has 4 N–H and O–H groups in total. The molecule has 3 rings (SSSR count). The van der Waals surface area contributed by atoms with Crippen LogP contribution in [0.25, 0.3) is 0 Å². The Morgan fingerprint density at radius 2 is 1.60 bits per heavy atom. The van der Waals surface area contributed by atoms with E-state index in [2.05, 4.69) is 0 Å². The Labute approximate surface area is 142 Å². The van der Waals surface area contributed by atoms with E-state index in [-0.39, 0.29) is 45.6 Å². The van der Waals surface area contributed by atoms with Crippen LogP contribution in [0.1, 0.15) is 22.0 Å². The third-order valence-electron chi connectivity index (χ3n) is 3.95. The Kier molecular flexibility index (Phi) is 4.05. The van der Waals surface area contributed by atoms with Gasteiger partial charge >= 0.3 is 0 Å². The van der Waals surface area contributed by atoms with Crippen LogP contribution in [-0.4, -0.2) is 46.5 Å². The number of carbonyl (C=O) groups is 1. The molecule has 2 atom stereocenters. The van der Waals surface area contributed by atoms with Crippen molar-refractivity contribution in [1.29, 1.82) is 0 Å². The van der Waals surface area contributed by atoms with Gasteiger partial charge in [0.15, 0.2) is 23.7 Å². The van der Waals surface area contributed by atoms with Gasteiger partial charge in [-0.25, -0.2) is 0 Å². The summed E-state index contributed by atoms with van der Waals surface area (Å²) in [5.41, 5.74) is -0.00360. The number of benzene rings is 2. The number of aliphatic hydroxyl groups excluding tert-OH is 1. The van der Waals surface area contributed by atoms with Crippen molar-refractivity contribution in [2.45, 2.75) is 12.2 Å². The summed E-state index contributed by atoms with van der Waals surface area (Å²) in [5, 5.41) is 40.1. The van der Waals surface area contributed by atoms with Gasteiger partial charge in [0.05, 0.1) is 14.2 Å². The van der Waals surface area contributed by atoms with Crippen LogP contribution in [0.5, 0.6) is 34.5 Å². The largest absolute Gasteiger partial charge is 0.507 e. The number of ether oxygens (including phenoxy) is 3. The van der Waals surface area contributed by atoms with Crippen LogP contribution in [0.2, 0.25) is 0 Å². The fraction of sp³-hybridized carbons (Fsp3) is 0.235. The molecule has 1 aliphatic rings. The van der Waals surface area contributed by atoms with E-state index in [0.29, 0.717) is 0 Å². The summed E-state index contributed by atoms with van der Waals surface area (Å²) >= 11 is 0. The van der Waals surface area contributed by atoms with Gasteiger partial charge in [-0.15, -0.1) is 0 Å². The van der Waals surface area contributed by atoms with Crippen molar-refractivity contribution in [1.82, 2.24) is 0 Å². The molecule has 2 aromatic rings.